The van der Waals surface area contributed by atoms with Gasteiger partial charge in [0.25, 0.3) is 5.56 Å². The molecule has 6 N–H and O–H groups in total. The van der Waals surface area contributed by atoms with Gasteiger partial charge in [-0.05, 0) is 16.4 Å². The number of rotatable bonds is 11. The topological polar surface area (TPSA) is 252 Å². The Labute approximate surface area is 271 Å². The summed E-state index contributed by atoms with van der Waals surface area (Å²) >= 11 is 8.62. The number of H-pyrrole nitrogens is 1. The van der Waals surface area contributed by atoms with Crippen LogP contribution in [0.25, 0.3) is 22.3 Å². The highest BCUT2D eigenvalue weighted by atomic mass is 32.7. The zero-order valence-electron chi connectivity index (χ0n) is 23.6. The third-order valence-electron chi connectivity index (χ3n) is 7.28. The van der Waals surface area contributed by atoms with E-state index in [0.717, 1.165) is 17.2 Å². The number of aromatic nitrogens is 8. The number of methoxy groups -OCH3 is 1. The van der Waals surface area contributed by atoms with Gasteiger partial charge in [-0.1, -0.05) is 0 Å². The molecule has 254 valence electrons. The summed E-state index contributed by atoms with van der Waals surface area (Å²) in [5.41, 5.74) is 10.5. The summed E-state index contributed by atoms with van der Waals surface area (Å²) in [4.78, 5) is 45.3. The van der Waals surface area contributed by atoms with Crippen LogP contribution < -0.4 is 17.0 Å². The largest absolute Gasteiger partial charge is 0.582 e. The SMILES string of the molecule is CO[C@H]1[C@H](F)[C@H](n2cnc3c(N)ncnc32)O[C@@H]1COP(O)(=S)O[C@H]1[C@H](n2cnc3c(=O)[nH]c(N)nc32)O[C@H](CO[P+](=O)S)C1(F)F. The molecule has 0 aromatic carbocycles. The molecule has 0 radical (unpaired) electrons. The quantitative estimate of drug-likeness (QED) is 0.107. The first kappa shape index (κ1) is 34.0. The lowest BCUT2D eigenvalue weighted by Crippen LogP contribution is -2.42. The Morgan fingerprint density at radius 2 is 1.85 bits per heavy atom. The number of halogens is 3. The van der Waals surface area contributed by atoms with Crippen molar-refractivity contribution >= 4 is 72.1 Å². The molecule has 19 nitrogen and oxygen atoms in total. The third-order valence-corrected chi connectivity index (χ3v) is 9.54. The number of hydrogen-bond donors (Lipinski definition) is 5. The van der Waals surface area contributed by atoms with E-state index < -0.39 is 81.7 Å². The Morgan fingerprint density at radius 1 is 1.15 bits per heavy atom. The predicted octanol–water partition coefficient (Wildman–Crippen LogP) is 1.13. The average Bonchev–Trinajstić information content (AvgIpc) is 3.74. The van der Waals surface area contributed by atoms with E-state index in [1.807, 2.05) is 0 Å². The Bertz CT molecular complexity index is 1940. The van der Waals surface area contributed by atoms with E-state index in [1.165, 1.54) is 18.0 Å². The zero-order chi connectivity index (χ0) is 33.8. The Morgan fingerprint density at radius 3 is 2.55 bits per heavy atom. The molecule has 2 aliphatic rings. The molecule has 6 rings (SSSR count). The van der Waals surface area contributed by atoms with Crippen molar-refractivity contribution < 1.29 is 50.4 Å². The number of hydrogen-bond acceptors (Lipinski definition) is 16. The van der Waals surface area contributed by atoms with E-state index in [9.17, 15) is 14.3 Å². The lowest BCUT2D eigenvalue weighted by Gasteiger charge is -2.28. The fourth-order valence-electron chi connectivity index (χ4n) is 5.18. The van der Waals surface area contributed by atoms with Crippen molar-refractivity contribution in [2.45, 2.75) is 49.0 Å². The number of aromatic amines is 1. The number of imidazole rings is 2. The van der Waals surface area contributed by atoms with Crippen LogP contribution in [0, 0.1) is 0 Å². The van der Waals surface area contributed by atoms with Crippen molar-refractivity contribution in [3.63, 3.8) is 0 Å². The standard InChI is InChI=1S/C21H23F3N10O9P2S2/c1-38-12-7(41-18(9(12)22)33-5-29-10-14(25)27-4-28-15(10)33)2-40-45(37,47)43-13-19(42-8(21(13,23)24)3-39-44(36)46)34-6-30-11-16(34)31-20(26)32-17(11)35/h4-9,12-13,18-19H,2-3H2,1H3,(H6-,25,26,27,28,31,32,35,36,37,46,47)/p+1/t7-,8-,9+,12-,13+,18-,19-,45?/m1/s1. The van der Waals surface area contributed by atoms with Crippen molar-refractivity contribution in [1.29, 1.82) is 0 Å². The van der Waals surface area contributed by atoms with E-state index in [1.54, 1.807) is 0 Å². The second kappa shape index (κ2) is 12.9. The fraction of sp³-hybridized carbons (Fsp3) is 0.524. The molecule has 26 heteroatoms. The van der Waals surface area contributed by atoms with Gasteiger partial charge in [0.15, 0.2) is 53.5 Å². The van der Waals surface area contributed by atoms with Crippen molar-refractivity contribution in [3.05, 3.63) is 29.3 Å². The summed E-state index contributed by atoms with van der Waals surface area (Å²) in [7, 11) is -1.41. The molecule has 0 amide bonds. The Hall–Kier alpha value is -2.89. The van der Waals surface area contributed by atoms with Crippen molar-refractivity contribution in [2.24, 2.45) is 0 Å². The first-order chi connectivity index (χ1) is 22.2. The maximum atomic E-state index is 15.8. The number of nitrogens with two attached hydrogens (primary N) is 2. The summed E-state index contributed by atoms with van der Waals surface area (Å²) in [5.74, 6) is -4.30. The summed E-state index contributed by atoms with van der Waals surface area (Å²) in [6.45, 7) is -6.24. The highest BCUT2D eigenvalue weighted by Gasteiger charge is 2.63. The summed E-state index contributed by atoms with van der Waals surface area (Å²) in [6.07, 6.45) is -8.74. The van der Waals surface area contributed by atoms with Gasteiger partial charge < -0.3 is 35.1 Å². The number of nitrogens with zero attached hydrogens (tertiary/aromatic N) is 7. The van der Waals surface area contributed by atoms with E-state index in [2.05, 4.69) is 42.2 Å². The molecule has 6 heterocycles. The van der Waals surface area contributed by atoms with Gasteiger partial charge >= 0.3 is 19.9 Å². The molecular formula is C21H24F3N10O9P2S2+. The van der Waals surface area contributed by atoms with E-state index in [4.69, 9.17) is 51.1 Å². The summed E-state index contributed by atoms with van der Waals surface area (Å²) in [5, 5.41) is 0. The second-order valence-electron chi connectivity index (χ2n) is 10.1. The van der Waals surface area contributed by atoms with Crippen LogP contribution in [-0.4, -0.2) is 101 Å². The average molecular weight is 744 g/mol. The third kappa shape index (κ3) is 6.35. The van der Waals surface area contributed by atoms with Crippen LogP contribution in [0.15, 0.2) is 23.8 Å². The van der Waals surface area contributed by atoms with E-state index in [0.29, 0.717) is 0 Å². The minimum absolute atomic E-state index is 0.0532. The minimum Gasteiger partial charge on any atom is -0.382 e. The van der Waals surface area contributed by atoms with E-state index in [-0.39, 0.29) is 34.1 Å². The smallest absolute Gasteiger partial charge is 0.382 e. The van der Waals surface area contributed by atoms with E-state index >= 15 is 13.2 Å². The van der Waals surface area contributed by atoms with Crippen LogP contribution in [0.5, 0.6) is 0 Å². The van der Waals surface area contributed by atoms with Gasteiger partial charge in [0.05, 0.1) is 19.3 Å². The van der Waals surface area contributed by atoms with Crippen molar-refractivity contribution in [1.82, 2.24) is 39.0 Å². The van der Waals surface area contributed by atoms with Gasteiger partial charge in [-0.15, -0.1) is 4.52 Å². The molecular weight excluding hydrogens is 719 g/mol. The maximum Gasteiger partial charge on any atom is 0.582 e. The first-order valence-corrected chi connectivity index (χ1v) is 18.1. The van der Waals surface area contributed by atoms with Gasteiger partial charge in [0.1, 0.15) is 42.9 Å². The minimum atomic E-state index is -4.64. The van der Waals surface area contributed by atoms with Gasteiger partial charge in [-0.2, -0.15) is 4.98 Å². The number of thiol groups is 1. The molecule has 9 atom stereocenters. The monoisotopic (exact) mass is 743 g/mol. The number of ether oxygens (including phenoxy) is 3. The highest BCUT2D eigenvalue weighted by Crippen LogP contribution is 2.54. The van der Waals surface area contributed by atoms with Crippen LogP contribution in [0.3, 0.4) is 0 Å². The van der Waals surface area contributed by atoms with Crippen LogP contribution in [-0.2, 0) is 44.2 Å². The molecule has 47 heavy (non-hydrogen) atoms. The zero-order valence-corrected chi connectivity index (χ0v) is 27.1. The Balaban J connectivity index is 1.24. The predicted molar refractivity (Wildman–Crippen MR) is 161 cm³/mol. The first-order valence-electron chi connectivity index (χ1n) is 13.2. The summed E-state index contributed by atoms with van der Waals surface area (Å²) < 4.78 is 92.8. The van der Waals surface area contributed by atoms with Gasteiger partial charge in [-0.25, -0.2) is 33.1 Å². The molecule has 2 aliphatic heterocycles. The van der Waals surface area contributed by atoms with Gasteiger partial charge in [0.2, 0.25) is 5.95 Å². The molecule has 4 aromatic heterocycles. The molecule has 0 saturated carbocycles. The molecule has 2 saturated heterocycles. The maximum absolute atomic E-state index is 15.8. The lowest BCUT2D eigenvalue weighted by atomic mass is 10.1. The number of nitrogen functional groups attached to an aromatic ring is 2. The van der Waals surface area contributed by atoms with Crippen LogP contribution in [0.2, 0.25) is 0 Å². The van der Waals surface area contributed by atoms with Gasteiger partial charge in [0, 0.05) is 7.11 Å². The number of alkyl halides is 3. The number of anilines is 2. The number of nitrogens with one attached hydrogen (secondary N) is 1. The van der Waals surface area contributed by atoms with Crippen molar-refractivity contribution in [3.8, 4) is 0 Å². The van der Waals surface area contributed by atoms with Crippen LogP contribution in [0.1, 0.15) is 12.5 Å². The molecule has 0 bridgehead atoms. The van der Waals surface area contributed by atoms with Gasteiger partial charge in [-0.3, -0.25) is 23.4 Å². The molecule has 0 spiro atoms. The number of fused-ring (bicyclic) bond motifs is 2. The van der Waals surface area contributed by atoms with Crippen LogP contribution in [0.4, 0.5) is 24.9 Å². The summed E-state index contributed by atoms with van der Waals surface area (Å²) in [6, 6.07) is 0. The molecule has 0 aliphatic carbocycles. The highest BCUT2D eigenvalue weighted by molar-refractivity contribution is 8.39. The molecule has 2 unspecified atom stereocenters. The van der Waals surface area contributed by atoms with Crippen molar-refractivity contribution in [2.75, 3.05) is 31.8 Å². The molecule has 4 aromatic rings. The lowest BCUT2D eigenvalue weighted by molar-refractivity contribution is -0.117. The fourth-order valence-corrected chi connectivity index (χ4v) is 7.03. The molecule has 2 fully saturated rings. The Kier molecular flexibility index (Phi) is 9.30. The van der Waals surface area contributed by atoms with Crippen LogP contribution >= 0.6 is 26.2 Å². The normalized spacial score (nSPS) is 29.1. The second-order valence-corrected chi connectivity index (χ2v) is 14.6.